The molecule has 0 aliphatic carbocycles. The fourth-order valence-corrected chi connectivity index (χ4v) is 1.27. The summed E-state index contributed by atoms with van der Waals surface area (Å²) in [5, 5.41) is 4.14. The molecular formula is C12H22N4O. The Hall–Kier alpha value is -1.36. The maximum absolute atomic E-state index is 11.8. The van der Waals surface area contributed by atoms with E-state index < -0.39 is 0 Å². The summed E-state index contributed by atoms with van der Waals surface area (Å²) in [5.74, 6) is 0. The van der Waals surface area contributed by atoms with Crippen molar-refractivity contribution in [3.8, 4) is 0 Å². The topological polar surface area (TPSA) is 64.2 Å². The highest BCUT2D eigenvalue weighted by Crippen LogP contribution is 2.17. The lowest BCUT2D eigenvalue weighted by atomic mass is 9.87. The van der Waals surface area contributed by atoms with Gasteiger partial charge in [0.2, 0.25) is 0 Å². The first kappa shape index (κ1) is 13.7. The van der Waals surface area contributed by atoms with Gasteiger partial charge in [-0.2, -0.15) is 5.10 Å². The second-order valence-electron chi connectivity index (χ2n) is 5.60. The van der Waals surface area contributed by atoms with Crippen LogP contribution in [0.4, 0.5) is 5.69 Å². The molecule has 17 heavy (non-hydrogen) atoms. The van der Waals surface area contributed by atoms with Gasteiger partial charge in [-0.25, -0.2) is 4.68 Å². The number of nitrogens with two attached hydrogens (primary N) is 1. The van der Waals surface area contributed by atoms with Gasteiger partial charge in [0.05, 0.1) is 18.4 Å². The van der Waals surface area contributed by atoms with E-state index in [2.05, 4.69) is 25.9 Å². The Morgan fingerprint density at radius 3 is 2.47 bits per heavy atom. The fraction of sp³-hybridized carbons (Fsp3) is 0.667. The second-order valence-corrected chi connectivity index (χ2v) is 5.60. The number of nitrogens with zero attached hydrogens (tertiary/aromatic N) is 3. The zero-order chi connectivity index (χ0) is 13.2. The molecule has 0 amide bonds. The molecule has 96 valence electrons. The number of rotatable bonds is 3. The molecule has 0 aliphatic rings. The minimum atomic E-state index is -0.115. The summed E-state index contributed by atoms with van der Waals surface area (Å²) < 4.78 is 1.42. The smallest absolute Gasteiger partial charge is 0.268 e. The van der Waals surface area contributed by atoms with Crippen molar-refractivity contribution in [1.82, 2.24) is 9.78 Å². The van der Waals surface area contributed by atoms with Crippen molar-refractivity contribution in [2.24, 2.45) is 11.1 Å². The Labute approximate surface area is 102 Å². The van der Waals surface area contributed by atoms with Crippen LogP contribution in [0.15, 0.2) is 17.1 Å². The van der Waals surface area contributed by atoms with Crippen LogP contribution >= 0.6 is 0 Å². The summed E-state index contributed by atoms with van der Waals surface area (Å²) in [4.78, 5) is 13.7. The molecule has 0 bridgehead atoms. The van der Waals surface area contributed by atoms with Gasteiger partial charge in [0, 0.05) is 26.2 Å². The molecular weight excluding hydrogens is 216 g/mol. The largest absolute Gasteiger partial charge is 0.376 e. The Kier molecular flexibility index (Phi) is 3.93. The lowest BCUT2D eigenvalue weighted by Crippen LogP contribution is -2.42. The first-order valence-corrected chi connectivity index (χ1v) is 5.72. The van der Waals surface area contributed by atoms with Gasteiger partial charge in [-0.3, -0.25) is 4.79 Å². The third-order valence-corrected chi connectivity index (χ3v) is 2.85. The predicted molar refractivity (Wildman–Crippen MR) is 70.3 cm³/mol. The summed E-state index contributed by atoms with van der Waals surface area (Å²) in [6, 6.07) is 1.47. The predicted octanol–water partition coefficient (Wildman–Crippen LogP) is 0.683. The summed E-state index contributed by atoms with van der Waals surface area (Å²) in [6.07, 6.45) is 1.68. The third kappa shape index (κ3) is 3.56. The first-order valence-electron chi connectivity index (χ1n) is 5.72. The summed E-state index contributed by atoms with van der Waals surface area (Å²) in [5.41, 5.74) is 6.69. The van der Waals surface area contributed by atoms with Gasteiger partial charge in [0.1, 0.15) is 0 Å². The van der Waals surface area contributed by atoms with Gasteiger partial charge in [0.25, 0.3) is 5.56 Å². The van der Waals surface area contributed by atoms with Gasteiger partial charge < -0.3 is 10.6 Å². The molecule has 0 saturated carbocycles. The SMILES string of the molecule is CN(C)c1cnn(CC(N)C(C)(C)C)c(=O)c1. The van der Waals surface area contributed by atoms with E-state index >= 15 is 0 Å². The van der Waals surface area contributed by atoms with Crippen molar-refractivity contribution in [1.29, 1.82) is 0 Å². The van der Waals surface area contributed by atoms with Gasteiger partial charge in [-0.1, -0.05) is 20.8 Å². The van der Waals surface area contributed by atoms with Crippen LogP contribution in [0.1, 0.15) is 20.8 Å². The van der Waals surface area contributed by atoms with E-state index in [9.17, 15) is 4.79 Å². The van der Waals surface area contributed by atoms with Crippen LogP contribution < -0.4 is 16.2 Å². The van der Waals surface area contributed by atoms with Crippen molar-refractivity contribution >= 4 is 5.69 Å². The van der Waals surface area contributed by atoms with Crippen LogP contribution in [-0.2, 0) is 6.54 Å². The van der Waals surface area contributed by atoms with Crippen LogP contribution in [0.25, 0.3) is 0 Å². The van der Waals surface area contributed by atoms with Crippen LogP contribution in [0.5, 0.6) is 0 Å². The maximum Gasteiger partial charge on any atom is 0.268 e. The summed E-state index contributed by atoms with van der Waals surface area (Å²) in [7, 11) is 3.75. The molecule has 1 atom stereocenters. The van der Waals surface area contributed by atoms with E-state index in [1.165, 1.54) is 4.68 Å². The Bertz CT molecular complexity index is 431. The van der Waals surface area contributed by atoms with Crippen LogP contribution in [0, 0.1) is 5.41 Å². The third-order valence-electron chi connectivity index (χ3n) is 2.85. The van der Waals surface area contributed by atoms with Crippen molar-refractivity contribution in [2.45, 2.75) is 33.4 Å². The number of aromatic nitrogens is 2. The molecule has 5 heteroatoms. The molecule has 5 nitrogen and oxygen atoms in total. The Balaban J connectivity index is 2.91. The Morgan fingerprint density at radius 2 is 2.06 bits per heavy atom. The molecule has 0 fully saturated rings. The van der Waals surface area contributed by atoms with Crippen LogP contribution in [0.2, 0.25) is 0 Å². The van der Waals surface area contributed by atoms with Gasteiger partial charge >= 0.3 is 0 Å². The van der Waals surface area contributed by atoms with Crippen LogP contribution in [-0.4, -0.2) is 29.9 Å². The van der Waals surface area contributed by atoms with E-state index in [4.69, 9.17) is 5.73 Å². The fourth-order valence-electron chi connectivity index (χ4n) is 1.27. The lowest BCUT2D eigenvalue weighted by Gasteiger charge is -2.27. The van der Waals surface area contributed by atoms with E-state index in [1.54, 1.807) is 12.3 Å². The van der Waals surface area contributed by atoms with Crippen molar-refractivity contribution in [3.05, 3.63) is 22.6 Å². The summed E-state index contributed by atoms with van der Waals surface area (Å²) >= 11 is 0. The van der Waals surface area contributed by atoms with E-state index in [1.807, 2.05) is 19.0 Å². The number of hydrogen-bond donors (Lipinski definition) is 1. The van der Waals surface area contributed by atoms with Gasteiger partial charge in [-0.05, 0) is 5.41 Å². The molecule has 1 aromatic heterocycles. The first-order chi connectivity index (χ1) is 7.71. The zero-order valence-electron chi connectivity index (χ0n) is 11.3. The maximum atomic E-state index is 11.8. The molecule has 0 aliphatic heterocycles. The van der Waals surface area contributed by atoms with Crippen molar-refractivity contribution in [2.75, 3.05) is 19.0 Å². The van der Waals surface area contributed by atoms with Gasteiger partial charge in [0.15, 0.2) is 0 Å². The van der Waals surface area contributed by atoms with Crippen LogP contribution in [0.3, 0.4) is 0 Å². The van der Waals surface area contributed by atoms with E-state index in [-0.39, 0.29) is 17.0 Å². The zero-order valence-corrected chi connectivity index (χ0v) is 11.3. The molecule has 2 N–H and O–H groups in total. The molecule has 1 unspecified atom stereocenters. The minimum absolute atomic E-state index is 0.0403. The highest BCUT2D eigenvalue weighted by Gasteiger charge is 2.21. The standard InChI is InChI=1S/C12H22N4O/c1-12(2,3)10(13)8-16-11(17)6-9(7-14-16)15(4)5/h6-7,10H,8,13H2,1-5H3. The van der Waals surface area contributed by atoms with Crippen molar-refractivity contribution in [3.63, 3.8) is 0 Å². The average molecular weight is 238 g/mol. The molecule has 0 aromatic carbocycles. The minimum Gasteiger partial charge on any atom is -0.376 e. The molecule has 0 spiro atoms. The van der Waals surface area contributed by atoms with E-state index in [0.717, 1.165) is 5.69 Å². The molecule has 0 saturated heterocycles. The normalized spacial score (nSPS) is 13.5. The number of hydrogen-bond acceptors (Lipinski definition) is 4. The lowest BCUT2D eigenvalue weighted by molar-refractivity contribution is 0.279. The average Bonchev–Trinajstić information content (AvgIpc) is 2.19. The van der Waals surface area contributed by atoms with Crippen molar-refractivity contribution < 1.29 is 0 Å². The van der Waals surface area contributed by atoms with E-state index in [0.29, 0.717) is 6.54 Å². The monoisotopic (exact) mass is 238 g/mol. The molecule has 0 radical (unpaired) electrons. The quantitative estimate of drug-likeness (QED) is 0.841. The molecule has 1 rings (SSSR count). The summed E-state index contributed by atoms with van der Waals surface area (Å²) in [6.45, 7) is 6.60. The highest BCUT2D eigenvalue weighted by molar-refractivity contribution is 5.40. The Morgan fingerprint density at radius 1 is 1.47 bits per heavy atom. The molecule has 1 heterocycles. The molecule has 1 aromatic rings. The highest BCUT2D eigenvalue weighted by atomic mass is 16.1. The number of anilines is 1. The second kappa shape index (κ2) is 4.87. The van der Waals surface area contributed by atoms with Gasteiger partial charge in [-0.15, -0.1) is 0 Å².